The van der Waals surface area contributed by atoms with Gasteiger partial charge in [-0.25, -0.2) is 0 Å². The van der Waals surface area contributed by atoms with Crippen molar-refractivity contribution in [2.24, 2.45) is 0 Å². The van der Waals surface area contributed by atoms with Gasteiger partial charge in [0, 0.05) is 20.8 Å². The van der Waals surface area contributed by atoms with Crippen LogP contribution in [0.1, 0.15) is 40.5 Å². The van der Waals surface area contributed by atoms with Crippen molar-refractivity contribution in [2.75, 3.05) is 0 Å². The normalized spacial score (nSPS) is 6.88. The van der Waals surface area contributed by atoms with Crippen LogP contribution < -0.4 is 0 Å². The van der Waals surface area contributed by atoms with E-state index >= 15 is 0 Å². The molecular weight excluding hydrogens is 335 g/mol. The first-order valence-electron chi connectivity index (χ1n) is 4.84. The third kappa shape index (κ3) is 1820. The molecule has 0 atom stereocenters. The Bertz CT molecular complexity index is 151. The number of aliphatic carboxylic acids is 3. The van der Waals surface area contributed by atoms with Crippen LogP contribution in [-0.2, 0) is 14.4 Å². The minimum absolute atomic E-state index is 0.833. The molecule has 3 radical (unpaired) electrons. The van der Waals surface area contributed by atoms with E-state index in [4.69, 9.17) is 29.7 Å². The van der Waals surface area contributed by atoms with Crippen molar-refractivity contribution in [1.29, 1.82) is 0 Å². The fourth-order valence-corrected chi connectivity index (χ4v) is 1.19. The van der Waals surface area contributed by atoms with Crippen LogP contribution in [0.25, 0.3) is 0 Å². The van der Waals surface area contributed by atoms with Crippen LogP contribution in [0.2, 0.25) is 4.44 Å². The first-order chi connectivity index (χ1) is 7.61. The van der Waals surface area contributed by atoms with Gasteiger partial charge in [-0.05, 0) is 0 Å². The molecule has 0 rings (SSSR count). The van der Waals surface area contributed by atoms with Crippen LogP contribution in [0.4, 0.5) is 0 Å². The molecule has 0 unspecified atom stereocenters. The molecule has 0 bridgehead atoms. The molecule has 0 aliphatic carbocycles. The maximum atomic E-state index is 9.00. The number of carbonyl (C=O) groups is 3. The molecule has 6 nitrogen and oxygen atoms in total. The van der Waals surface area contributed by atoms with E-state index in [2.05, 4.69) is 6.92 Å². The summed E-state index contributed by atoms with van der Waals surface area (Å²) in [7, 11) is 0. The fraction of sp³-hybridized carbons (Fsp3) is 0.700. The summed E-state index contributed by atoms with van der Waals surface area (Å²) in [4.78, 5) is 27.0. The Morgan fingerprint density at radius 1 is 0.882 bits per heavy atom. The van der Waals surface area contributed by atoms with Crippen molar-refractivity contribution >= 4 is 40.4 Å². The van der Waals surface area contributed by atoms with Crippen molar-refractivity contribution in [3.05, 3.63) is 0 Å². The van der Waals surface area contributed by atoms with Gasteiger partial charge in [-0.3, -0.25) is 14.4 Å². The van der Waals surface area contributed by atoms with Crippen molar-refractivity contribution < 1.29 is 29.7 Å². The Kier molecular flexibility index (Phi) is 36.2. The molecule has 0 amide bonds. The van der Waals surface area contributed by atoms with Gasteiger partial charge in [0.25, 0.3) is 17.9 Å². The quantitative estimate of drug-likeness (QED) is 0.649. The van der Waals surface area contributed by atoms with Crippen molar-refractivity contribution in [1.82, 2.24) is 0 Å². The molecule has 0 saturated carbocycles. The van der Waals surface area contributed by atoms with Crippen LogP contribution in [0, 0.1) is 0 Å². The van der Waals surface area contributed by atoms with E-state index in [0.717, 1.165) is 20.8 Å². The summed E-state index contributed by atoms with van der Waals surface area (Å²) in [6.45, 7) is 5.48. The molecule has 0 saturated heterocycles. The molecule has 0 aliphatic heterocycles. The van der Waals surface area contributed by atoms with Crippen LogP contribution in [0.3, 0.4) is 0 Å². The maximum absolute atomic E-state index is 9.00. The fourth-order valence-electron chi connectivity index (χ4n) is 0.177. The number of hydrogen-bond acceptors (Lipinski definition) is 3. The zero-order valence-corrected chi connectivity index (χ0v) is 13.5. The summed E-state index contributed by atoms with van der Waals surface area (Å²) < 4.78 is 1.43. The van der Waals surface area contributed by atoms with Crippen LogP contribution in [0.15, 0.2) is 0 Å². The Balaban J connectivity index is -0.0000000667. The second-order valence-electron chi connectivity index (χ2n) is 2.66. The summed E-state index contributed by atoms with van der Waals surface area (Å²) in [6, 6.07) is 0. The van der Waals surface area contributed by atoms with Gasteiger partial charge in [-0.1, -0.05) is 0 Å². The molecule has 101 valence electrons. The number of carboxylic acids is 3. The van der Waals surface area contributed by atoms with Gasteiger partial charge in [-0.2, -0.15) is 0 Å². The van der Waals surface area contributed by atoms with Gasteiger partial charge in [0.15, 0.2) is 0 Å². The zero-order valence-electron chi connectivity index (χ0n) is 10.7. The third-order valence-corrected chi connectivity index (χ3v) is 1.54. The molecule has 3 N–H and O–H groups in total. The summed E-state index contributed by atoms with van der Waals surface area (Å²) in [6.07, 6.45) is 2.80. The third-order valence-electron chi connectivity index (χ3n) is 0.530. The second kappa shape index (κ2) is 24.4. The topological polar surface area (TPSA) is 112 Å². The van der Waals surface area contributed by atoms with E-state index in [1.807, 2.05) is 0 Å². The summed E-state index contributed by atoms with van der Waals surface area (Å²) >= 11 is 1.68. The predicted octanol–water partition coefficient (Wildman–Crippen LogP) is 1.65. The van der Waals surface area contributed by atoms with Crippen molar-refractivity contribution in [3.8, 4) is 0 Å². The molecule has 17 heavy (non-hydrogen) atoms. The summed E-state index contributed by atoms with van der Waals surface area (Å²) in [5.74, 6) is -2.50. The van der Waals surface area contributed by atoms with E-state index in [-0.39, 0.29) is 0 Å². The van der Waals surface area contributed by atoms with E-state index in [0.29, 0.717) is 0 Å². The molecule has 0 spiro atoms. The molecule has 7 heteroatoms. The molecule has 0 heterocycles. The predicted molar refractivity (Wildman–Crippen MR) is 65.4 cm³/mol. The van der Waals surface area contributed by atoms with Crippen LogP contribution in [-0.4, -0.2) is 55.8 Å². The number of unbranched alkanes of at least 4 members (excludes halogenated alkanes) is 1. The number of carboxylic acid groups (broad SMARTS) is 3. The van der Waals surface area contributed by atoms with Gasteiger partial charge in [-0.15, -0.1) is 0 Å². The first kappa shape index (κ1) is 25.2. The second-order valence-corrected chi connectivity index (χ2v) is 4.09. The van der Waals surface area contributed by atoms with Crippen molar-refractivity contribution in [3.63, 3.8) is 0 Å². The van der Waals surface area contributed by atoms with Gasteiger partial charge < -0.3 is 15.3 Å². The average Bonchev–Trinajstić information content (AvgIpc) is 2.01. The molecular formula is C10H21O6Sn. The molecule has 0 fully saturated rings. The minimum atomic E-state index is -0.833. The van der Waals surface area contributed by atoms with E-state index < -0.39 is 17.9 Å². The van der Waals surface area contributed by atoms with Crippen LogP contribution >= 0.6 is 0 Å². The summed E-state index contributed by atoms with van der Waals surface area (Å²) in [5, 5.41) is 22.2. The monoisotopic (exact) mass is 357 g/mol. The molecule has 0 aromatic carbocycles. The standard InChI is InChI=1S/C4H9.3C2H4O2.Sn/c1-3-4-2;3*1-2(3)4;/h1,3-4H2,2H3;3*1H3,(H,3,4);. The van der Waals surface area contributed by atoms with Crippen molar-refractivity contribution in [2.45, 2.75) is 45.0 Å². The van der Waals surface area contributed by atoms with E-state index in [9.17, 15) is 0 Å². The number of rotatable bonds is 2. The van der Waals surface area contributed by atoms with E-state index in [1.54, 1.807) is 22.5 Å². The Labute approximate surface area is 115 Å². The number of hydrogen-bond donors (Lipinski definition) is 3. The first-order valence-corrected chi connectivity index (χ1v) is 6.86. The summed E-state index contributed by atoms with van der Waals surface area (Å²) in [5.41, 5.74) is 0. The van der Waals surface area contributed by atoms with Gasteiger partial charge >= 0.3 is 46.7 Å². The van der Waals surface area contributed by atoms with E-state index in [1.165, 1.54) is 17.3 Å². The van der Waals surface area contributed by atoms with Gasteiger partial charge in [0.05, 0.1) is 0 Å². The Hall–Kier alpha value is -0.791. The molecule has 0 aliphatic rings. The average molecular weight is 356 g/mol. The Morgan fingerprint density at radius 3 is 1.06 bits per heavy atom. The molecule has 0 aromatic rings. The SMILES string of the molecule is CC(=O)O.CC(=O)O.CC(=O)O.CCC[CH2][Sn]. The van der Waals surface area contributed by atoms with Gasteiger partial charge in [0.1, 0.15) is 0 Å². The Morgan fingerprint density at radius 2 is 1.06 bits per heavy atom. The zero-order chi connectivity index (χ0) is 14.9. The molecule has 0 aromatic heterocycles. The van der Waals surface area contributed by atoms with Crippen LogP contribution in [0.5, 0.6) is 0 Å². The van der Waals surface area contributed by atoms with Gasteiger partial charge in [0.2, 0.25) is 0 Å².